The molecule has 3 aromatic rings. The molecule has 0 bridgehead atoms. The van der Waals surface area contributed by atoms with Gasteiger partial charge in [-0.2, -0.15) is 0 Å². The molecule has 0 aliphatic carbocycles. The number of sulfonamides is 1. The number of methoxy groups -OCH3 is 2. The lowest BCUT2D eigenvalue weighted by atomic mass is 10.1. The first-order chi connectivity index (χ1) is 18.9. The Balaban J connectivity index is 2.11. The van der Waals surface area contributed by atoms with Gasteiger partial charge in [0.15, 0.2) is 11.5 Å². The van der Waals surface area contributed by atoms with Crippen molar-refractivity contribution in [3.63, 3.8) is 0 Å². The SMILES string of the molecule is CNC(=O)[C@H](C)N(Cc1ccc(Cl)cc1Cl)C(=O)CN(c1ccc(OC)c(OC)c1)S(=O)(=O)c1ccc(C)cc1. The highest BCUT2D eigenvalue weighted by molar-refractivity contribution is 7.92. The van der Waals surface area contributed by atoms with Gasteiger partial charge < -0.3 is 19.7 Å². The zero-order valence-electron chi connectivity index (χ0n) is 22.8. The number of nitrogens with one attached hydrogen (secondary N) is 1. The summed E-state index contributed by atoms with van der Waals surface area (Å²) >= 11 is 12.4. The molecule has 0 saturated heterocycles. The van der Waals surface area contributed by atoms with Gasteiger partial charge in [-0.05, 0) is 55.8 Å². The van der Waals surface area contributed by atoms with E-state index in [9.17, 15) is 18.0 Å². The summed E-state index contributed by atoms with van der Waals surface area (Å²) in [6.07, 6.45) is 0. The number of benzene rings is 3. The van der Waals surface area contributed by atoms with Gasteiger partial charge >= 0.3 is 0 Å². The van der Waals surface area contributed by atoms with Crippen LogP contribution in [0.1, 0.15) is 18.1 Å². The second-order valence-corrected chi connectivity index (χ2v) is 11.6. The van der Waals surface area contributed by atoms with Crippen molar-refractivity contribution in [1.29, 1.82) is 0 Å². The number of halogens is 2. The number of nitrogens with zero attached hydrogens (tertiary/aromatic N) is 2. The summed E-state index contributed by atoms with van der Waals surface area (Å²) in [5.74, 6) is -0.400. The van der Waals surface area contributed by atoms with E-state index in [0.717, 1.165) is 9.87 Å². The van der Waals surface area contributed by atoms with E-state index in [1.165, 1.54) is 56.5 Å². The van der Waals surface area contributed by atoms with Crippen molar-refractivity contribution in [2.24, 2.45) is 0 Å². The van der Waals surface area contributed by atoms with Crippen molar-refractivity contribution in [3.05, 3.63) is 81.8 Å². The van der Waals surface area contributed by atoms with Gasteiger partial charge in [-0.3, -0.25) is 13.9 Å². The number of hydrogen-bond acceptors (Lipinski definition) is 6. The Morgan fingerprint density at radius 2 is 1.60 bits per heavy atom. The predicted octanol–water partition coefficient (Wildman–Crippen LogP) is 4.68. The van der Waals surface area contributed by atoms with Crippen molar-refractivity contribution >= 4 is 50.7 Å². The predicted molar refractivity (Wildman–Crippen MR) is 156 cm³/mol. The molecule has 0 unspecified atom stereocenters. The van der Waals surface area contributed by atoms with Crippen molar-refractivity contribution in [2.75, 3.05) is 32.1 Å². The number of amides is 2. The Morgan fingerprint density at radius 3 is 2.17 bits per heavy atom. The second kappa shape index (κ2) is 13.3. The van der Waals surface area contributed by atoms with E-state index >= 15 is 0 Å². The third-order valence-electron chi connectivity index (χ3n) is 6.31. The van der Waals surface area contributed by atoms with Crippen LogP contribution in [-0.2, 0) is 26.2 Å². The monoisotopic (exact) mass is 607 g/mol. The zero-order chi connectivity index (χ0) is 29.6. The maximum absolute atomic E-state index is 13.9. The van der Waals surface area contributed by atoms with Crippen LogP contribution in [0.5, 0.6) is 11.5 Å². The van der Waals surface area contributed by atoms with Crippen LogP contribution in [0.4, 0.5) is 5.69 Å². The first kappa shape index (κ1) is 31.1. The molecule has 0 aliphatic rings. The molecule has 9 nitrogen and oxygen atoms in total. The average Bonchev–Trinajstić information content (AvgIpc) is 2.94. The molecule has 0 radical (unpaired) electrons. The summed E-state index contributed by atoms with van der Waals surface area (Å²) in [6.45, 7) is 2.72. The quantitative estimate of drug-likeness (QED) is 0.339. The lowest BCUT2D eigenvalue weighted by Gasteiger charge is -2.32. The maximum Gasteiger partial charge on any atom is 0.264 e. The zero-order valence-corrected chi connectivity index (χ0v) is 25.1. The minimum Gasteiger partial charge on any atom is -0.493 e. The number of likely N-dealkylation sites (N-methyl/N-ethyl adjacent to an activating group) is 1. The Morgan fingerprint density at radius 1 is 0.950 bits per heavy atom. The lowest BCUT2D eigenvalue weighted by Crippen LogP contribution is -2.50. The summed E-state index contributed by atoms with van der Waals surface area (Å²) in [6, 6.07) is 14.7. The topological polar surface area (TPSA) is 105 Å². The summed E-state index contributed by atoms with van der Waals surface area (Å²) in [7, 11) is 0.101. The van der Waals surface area contributed by atoms with Crippen LogP contribution < -0.4 is 19.1 Å². The molecule has 0 fully saturated rings. The highest BCUT2D eigenvalue weighted by atomic mass is 35.5. The van der Waals surface area contributed by atoms with Gasteiger partial charge in [-0.25, -0.2) is 8.42 Å². The van der Waals surface area contributed by atoms with E-state index in [1.807, 2.05) is 6.92 Å². The number of carbonyl (C=O) groups excluding carboxylic acids is 2. The molecule has 12 heteroatoms. The number of carbonyl (C=O) groups is 2. The highest BCUT2D eigenvalue weighted by Gasteiger charge is 2.33. The molecular formula is C28H31Cl2N3O6S. The smallest absolute Gasteiger partial charge is 0.264 e. The molecule has 0 saturated carbocycles. The molecular weight excluding hydrogens is 577 g/mol. The van der Waals surface area contributed by atoms with E-state index in [2.05, 4.69) is 5.32 Å². The molecule has 40 heavy (non-hydrogen) atoms. The Hall–Kier alpha value is -3.47. The van der Waals surface area contributed by atoms with Gasteiger partial charge in [0.25, 0.3) is 10.0 Å². The number of rotatable bonds is 11. The van der Waals surface area contributed by atoms with E-state index in [1.54, 1.807) is 37.3 Å². The number of anilines is 1. The Bertz CT molecular complexity index is 1480. The minimum absolute atomic E-state index is 0.00710. The number of ether oxygens (including phenoxy) is 2. The van der Waals surface area contributed by atoms with E-state index < -0.39 is 34.4 Å². The van der Waals surface area contributed by atoms with Gasteiger partial charge in [-0.1, -0.05) is 47.0 Å². The molecule has 0 spiro atoms. The van der Waals surface area contributed by atoms with Crippen molar-refractivity contribution in [2.45, 2.75) is 31.3 Å². The molecule has 3 rings (SSSR count). The van der Waals surface area contributed by atoms with Crippen LogP contribution >= 0.6 is 23.2 Å². The standard InChI is InChI=1S/C28H31Cl2N3O6S/c1-18-6-11-23(12-7-18)40(36,37)33(22-10-13-25(38-4)26(15-22)39-5)17-27(34)32(19(2)28(35)31-3)16-20-8-9-21(29)14-24(20)30/h6-15,19H,16-17H2,1-5H3,(H,31,35)/t19-/m0/s1. The van der Waals surface area contributed by atoms with Crippen LogP contribution in [0.2, 0.25) is 10.0 Å². The largest absolute Gasteiger partial charge is 0.493 e. The number of aryl methyl sites for hydroxylation is 1. The van der Waals surface area contributed by atoms with Crippen LogP contribution in [0.15, 0.2) is 65.6 Å². The van der Waals surface area contributed by atoms with Crippen LogP contribution in [0, 0.1) is 6.92 Å². The molecule has 0 heterocycles. The maximum atomic E-state index is 13.9. The Kier molecular flexibility index (Phi) is 10.3. The molecule has 1 N–H and O–H groups in total. The first-order valence-electron chi connectivity index (χ1n) is 12.2. The molecule has 0 aromatic heterocycles. The van der Waals surface area contributed by atoms with Gasteiger partial charge in [-0.15, -0.1) is 0 Å². The third-order valence-corrected chi connectivity index (χ3v) is 8.69. The van der Waals surface area contributed by atoms with E-state index in [0.29, 0.717) is 21.4 Å². The normalized spacial score (nSPS) is 11.9. The number of hydrogen-bond donors (Lipinski definition) is 1. The molecule has 2 amide bonds. The fraction of sp³-hybridized carbons (Fsp3) is 0.286. The first-order valence-corrected chi connectivity index (χ1v) is 14.4. The molecule has 1 atom stereocenters. The molecule has 3 aromatic carbocycles. The van der Waals surface area contributed by atoms with Crippen molar-refractivity contribution < 1.29 is 27.5 Å². The van der Waals surface area contributed by atoms with E-state index in [4.69, 9.17) is 32.7 Å². The van der Waals surface area contributed by atoms with Crippen LogP contribution in [0.25, 0.3) is 0 Å². The Labute approximate surface area is 244 Å². The summed E-state index contributed by atoms with van der Waals surface area (Å²) in [4.78, 5) is 27.8. The summed E-state index contributed by atoms with van der Waals surface area (Å²) < 4.78 is 39.5. The highest BCUT2D eigenvalue weighted by Crippen LogP contribution is 2.34. The fourth-order valence-electron chi connectivity index (χ4n) is 3.97. The van der Waals surface area contributed by atoms with Gasteiger partial charge in [0.05, 0.1) is 24.8 Å². The lowest BCUT2D eigenvalue weighted by molar-refractivity contribution is -0.139. The molecule has 214 valence electrons. The average molecular weight is 609 g/mol. The minimum atomic E-state index is -4.24. The van der Waals surface area contributed by atoms with Crippen molar-refractivity contribution in [1.82, 2.24) is 10.2 Å². The molecule has 0 aliphatic heterocycles. The third kappa shape index (κ3) is 6.99. The second-order valence-electron chi connectivity index (χ2n) is 8.91. The van der Waals surface area contributed by atoms with E-state index in [-0.39, 0.29) is 22.9 Å². The van der Waals surface area contributed by atoms with Gasteiger partial charge in [0, 0.05) is 29.7 Å². The summed E-state index contributed by atoms with van der Waals surface area (Å²) in [5, 5.41) is 3.25. The fourth-order valence-corrected chi connectivity index (χ4v) is 5.85. The van der Waals surface area contributed by atoms with Crippen LogP contribution in [-0.4, -0.2) is 59.0 Å². The van der Waals surface area contributed by atoms with Gasteiger partial charge in [0.2, 0.25) is 11.8 Å². The van der Waals surface area contributed by atoms with Gasteiger partial charge in [0.1, 0.15) is 12.6 Å². The summed E-state index contributed by atoms with van der Waals surface area (Å²) in [5.41, 5.74) is 1.58. The van der Waals surface area contributed by atoms with Crippen LogP contribution in [0.3, 0.4) is 0 Å². The van der Waals surface area contributed by atoms with Crippen molar-refractivity contribution in [3.8, 4) is 11.5 Å².